The maximum Gasteiger partial charge on any atom is 0.416 e. The van der Waals surface area contributed by atoms with Crippen molar-refractivity contribution in [1.82, 2.24) is 0 Å². The molecule has 19 nitrogen and oxygen atoms in total. The summed E-state index contributed by atoms with van der Waals surface area (Å²) in [7, 11) is 0. The fourth-order valence-electron chi connectivity index (χ4n) is 16.2. The zero-order valence-electron chi connectivity index (χ0n) is 70.5. The number of anilines is 7. The SMILES string of the molecule is CC1(C(F)(F)F)C(=O)N(c2ccc(Cl)cc2)C(=O)C1c1ccc(Cl)cc1.[C-]#[N+]c1cccc(Br)c1.[C-]#[N+]c1cccc(C2(O)N(c3ccc(Cl)cc3)C(=O)N(c3ccc(Cl)cc3)C2(C)C(F)(F)F)c1.[C-]#[N+]c1cccc(C2(O)N(c3ccc(Cl)cc3)C(=O)N(c3ccc(Cl)cc3)[C@@]2(C)C(F)(F)F)c1.[C-]#[N+]c1cccc(C2(O)N(c3ccc(Cl)cc3)C(=O)N(c3ccc(Cl)cc3)[C@]2(C)C(F)(F)F)c1. The van der Waals surface area contributed by atoms with Gasteiger partial charge in [-0.25, -0.2) is 38.7 Å². The molecule has 8 amide bonds. The minimum absolute atomic E-state index is 0.00361. The predicted octanol–water partition coefficient (Wildman–Crippen LogP) is 29.7. The summed E-state index contributed by atoms with van der Waals surface area (Å²) in [5, 5.41) is 38.5. The number of carbonyl (C=O) groups is 5. The van der Waals surface area contributed by atoms with Crippen molar-refractivity contribution >= 4 is 201 Å². The van der Waals surface area contributed by atoms with E-state index in [0.29, 0.717) is 65.1 Å². The van der Waals surface area contributed by atoms with Gasteiger partial charge in [-0.15, -0.1) is 0 Å². The Kier molecular flexibility index (Phi) is 29.8. The zero-order chi connectivity index (χ0) is 101. The molecule has 702 valence electrons. The maximum absolute atomic E-state index is 15.0. The molecule has 4 heterocycles. The lowest BCUT2D eigenvalue weighted by Crippen LogP contribution is -2.66. The highest BCUT2D eigenvalue weighted by molar-refractivity contribution is 9.10. The van der Waals surface area contributed by atoms with Gasteiger partial charge in [0.1, 0.15) is 0 Å². The van der Waals surface area contributed by atoms with Crippen molar-refractivity contribution in [2.24, 2.45) is 5.41 Å². The quantitative estimate of drug-likeness (QED) is 0.0648. The molecule has 4 saturated heterocycles. The number of hydrogen-bond acceptors (Lipinski definition) is 8. The minimum atomic E-state index is -5.12. The molecule has 4 aliphatic rings. The number of aliphatic hydroxyl groups is 3. The molecular formula is C97H64BrCl8F12N11O8. The summed E-state index contributed by atoms with van der Waals surface area (Å²) in [4.78, 5) is 84.0. The first-order chi connectivity index (χ1) is 64.2. The van der Waals surface area contributed by atoms with Crippen molar-refractivity contribution in [3.63, 3.8) is 0 Å². The Bertz CT molecular complexity index is 6310. The summed E-state index contributed by atoms with van der Waals surface area (Å²) >= 11 is 50.4. The van der Waals surface area contributed by atoms with E-state index in [4.69, 9.17) is 119 Å². The van der Waals surface area contributed by atoms with Crippen LogP contribution in [0.3, 0.4) is 0 Å². The van der Waals surface area contributed by atoms with E-state index in [0.717, 1.165) is 50.4 Å². The van der Waals surface area contributed by atoms with Crippen molar-refractivity contribution in [2.45, 2.75) is 92.1 Å². The van der Waals surface area contributed by atoms with E-state index >= 15 is 0 Å². The molecule has 4 aliphatic heterocycles. The number of amides is 8. The Hall–Kier alpha value is -12.6. The van der Waals surface area contributed by atoms with E-state index in [1.165, 1.54) is 249 Å². The maximum atomic E-state index is 15.0. The largest absolute Gasteiger partial charge is 0.416 e. The smallest absolute Gasteiger partial charge is 0.364 e. The number of rotatable bonds is 11. The first-order valence-corrected chi connectivity index (χ1v) is 43.4. The molecule has 4 fully saturated rings. The molecule has 12 aromatic rings. The van der Waals surface area contributed by atoms with Gasteiger partial charge in [0.2, 0.25) is 29.0 Å². The van der Waals surface area contributed by atoms with Gasteiger partial charge in [0.05, 0.1) is 37.9 Å². The fourth-order valence-corrected chi connectivity index (χ4v) is 17.6. The second-order valence-electron chi connectivity index (χ2n) is 31.2. The monoisotopic (exact) mass is 2100 g/mol. The second kappa shape index (κ2) is 39.5. The van der Waals surface area contributed by atoms with Gasteiger partial charge in [0, 0.05) is 78.8 Å². The Balaban J connectivity index is 0.000000159. The van der Waals surface area contributed by atoms with Gasteiger partial charge >= 0.3 is 42.8 Å². The molecular weight excluding hydrogens is 2040 g/mol. The molecule has 3 N–H and O–H groups in total. The van der Waals surface area contributed by atoms with Crippen LogP contribution in [0.15, 0.2) is 296 Å². The van der Waals surface area contributed by atoms with Gasteiger partial charge in [0.15, 0.2) is 44.8 Å². The Morgan fingerprint density at radius 1 is 0.299 bits per heavy atom. The summed E-state index contributed by atoms with van der Waals surface area (Å²) in [5.41, 5.74) is -21.8. The number of urea groups is 3. The third-order valence-corrected chi connectivity index (χ3v) is 25.8. The van der Waals surface area contributed by atoms with Crippen LogP contribution in [0.2, 0.25) is 40.2 Å². The molecule has 0 saturated carbocycles. The fraction of sp³-hybridized carbons (Fsp3) is 0.165. The third kappa shape index (κ3) is 18.6. The highest BCUT2D eigenvalue weighted by atomic mass is 79.9. The van der Waals surface area contributed by atoms with Crippen LogP contribution in [0.4, 0.5) is 130 Å². The van der Waals surface area contributed by atoms with E-state index in [1.807, 2.05) is 12.1 Å². The highest BCUT2D eigenvalue weighted by Gasteiger charge is 2.80. The van der Waals surface area contributed by atoms with Gasteiger partial charge < -0.3 is 15.3 Å². The van der Waals surface area contributed by atoms with Crippen molar-refractivity contribution in [3.05, 3.63) is 404 Å². The zero-order valence-corrected chi connectivity index (χ0v) is 78.2. The molecule has 0 bridgehead atoms. The average Bonchev–Trinajstić information content (AvgIpc) is 1.53. The molecule has 16 rings (SSSR count). The van der Waals surface area contributed by atoms with Crippen molar-refractivity contribution in [3.8, 4) is 0 Å². The molecule has 12 aromatic carbocycles. The number of halogens is 21. The first kappa shape index (κ1) is 103. The number of nitrogens with zero attached hydrogens (tertiary/aromatic N) is 11. The Morgan fingerprint density at radius 2 is 0.511 bits per heavy atom. The number of imide groups is 1. The van der Waals surface area contributed by atoms with Crippen LogP contribution >= 0.6 is 109 Å². The molecule has 0 aromatic heterocycles. The first-order valence-electron chi connectivity index (χ1n) is 39.6. The number of hydrogen-bond donors (Lipinski definition) is 3. The predicted molar refractivity (Wildman–Crippen MR) is 506 cm³/mol. The van der Waals surface area contributed by atoms with Crippen LogP contribution in [-0.2, 0) is 26.8 Å². The molecule has 6 unspecified atom stereocenters. The van der Waals surface area contributed by atoms with Gasteiger partial charge in [-0.05, 0) is 256 Å². The van der Waals surface area contributed by atoms with Crippen LogP contribution in [0.5, 0.6) is 0 Å². The second-order valence-corrected chi connectivity index (χ2v) is 35.6. The van der Waals surface area contributed by atoms with Crippen molar-refractivity contribution < 1.29 is 92.0 Å². The standard InChI is InChI=1S/3C24H16Cl2F3N3O2.C18H12Cl2F3NO2.C7H4BrN/c3*1-22(24(27,28)29)23(34,15-4-3-5-18(14-15)30-2)32(20-12-8-17(26)9-13-20)21(33)31(22)19-10-6-16(25)7-11-19;1-17(18(21,22)23)14(10-2-4-11(19)5-3-10)15(25)24(16(17)26)13-8-6-12(20)7-9-13;1-9-7-4-2-3-6(8)5-7/h3*3-14,34H,1H3;2-9,14H,1H3;2-5H/t2*22-,23?;;;/m10.../s1. The lowest BCUT2D eigenvalue weighted by molar-refractivity contribution is -0.227. The van der Waals surface area contributed by atoms with E-state index in [-0.39, 0.29) is 94.2 Å². The van der Waals surface area contributed by atoms with E-state index in [9.17, 15) is 92.0 Å². The molecule has 137 heavy (non-hydrogen) atoms. The normalized spacial score (nSPS) is 21.9. The van der Waals surface area contributed by atoms with Gasteiger partial charge in [-0.1, -0.05) is 194 Å². The molecule has 8 atom stereocenters. The van der Waals surface area contributed by atoms with E-state index in [2.05, 4.69) is 35.3 Å². The molecule has 40 heteroatoms. The van der Waals surface area contributed by atoms with Crippen LogP contribution in [-0.4, -0.2) is 86.5 Å². The summed E-state index contributed by atoms with van der Waals surface area (Å²) in [6.45, 7) is 31.5. The van der Waals surface area contributed by atoms with Crippen LogP contribution in [0, 0.1) is 31.7 Å². The van der Waals surface area contributed by atoms with Crippen molar-refractivity contribution in [1.29, 1.82) is 0 Å². The highest BCUT2D eigenvalue weighted by Crippen LogP contribution is 2.63. The lowest BCUT2D eigenvalue weighted by Gasteiger charge is -2.45. The average molecular weight is 2100 g/mol. The summed E-state index contributed by atoms with van der Waals surface area (Å²) in [5.74, 6) is -3.97. The van der Waals surface area contributed by atoms with Gasteiger partial charge in [-0.3, -0.25) is 39.0 Å². The van der Waals surface area contributed by atoms with E-state index in [1.54, 1.807) is 12.1 Å². The molecule has 0 aliphatic carbocycles. The number of benzene rings is 12. The Morgan fingerprint density at radius 3 is 0.723 bits per heavy atom. The van der Waals surface area contributed by atoms with Crippen LogP contribution < -0.4 is 34.3 Å². The summed E-state index contributed by atoms with van der Waals surface area (Å²) in [6, 6.07) is 62.4. The summed E-state index contributed by atoms with van der Waals surface area (Å²) in [6.07, 6.45) is -20.3. The van der Waals surface area contributed by atoms with E-state index < -0.39 is 99.7 Å². The molecule has 0 radical (unpaired) electrons. The number of alkyl halides is 12. The number of carbonyl (C=O) groups excluding carboxylic acids is 5. The molecule has 0 spiro atoms. The van der Waals surface area contributed by atoms with Gasteiger partial charge in [-0.2, -0.15) is 52.7 Å². The lowest BCUT2D eigenvalue weighted by atomic mass is 9.74. The van der Waals surface area contributed by atoms with Crippen LogP contribution in [0.25, 0.3) is 19.4 Å². The minimum Gasteiger partial charge on any atom is -0.364 e. The summed E-state index contributed by atoms with van der Waals surface area (Å²) < 4.78 is 177. The van der Waals surface area contributed by atoms with Crippen LogP contribution in [0.1, 0.15) is 55.9 Å². The topological polar surface area (TPSA) is 186 Å². The Labute approximate surface area is 822 Å². The third-order valence-electron chi connectivity index (χ3n) is 23.3. The van der Waals surface area contributed by atoms with Gasteiger partial charge in [0.25, 0.3) is 0 Å². The van der Waals surface area contributed by atoms with Crippen molar-refractivity contribution in [2.75, 3.05) is 34.3 Å².